The first-order valence-electron chi connectivity index (χ1n) is 10.1. The van der Waals surface area contributed by atoms with Crippen LogP contribution in [-0.4, -0.2) is 62.8 Å². The van der Waals surface area contributed by atoms with Crippen molar-refractivity contribution in [2.45, 2.75) is 49.8 Å². The molecule has 6 nitrogen and oxygen atoms in total. The maximum absolute atomic E-state index is 12.8. The van der Waals surface area contributed by atoms with Crippen molar-refractivity contribution in [1.29, 1.82) is 0 Å². The predicted molar refractivity (Wildman–Crippen MR) is 106 cm³/mol. The quantitative estimate of drug-likeness (QED) is 0.831. The molecule has 2 aliphatic heterocycles. The maximum Gasteiger partial charge on any atom is 0.243 e. The average molecular weight is 394 g/mol. The fourth-order valence-corrected chi connectivity index (χ4v) is 5.28. The topological polar surface area (TPSA) is 69.7 Å². The number of carbonyl (C=O) groups excluding carboxylic acids is 1. The summed E-state index contributed by atoms with van der Waals surface area (Å²) >= 11 is 0. The molecule has 7 heteroatoms. The van der Waals surface area contributed by atoms with Crippen LogP contribution in [0.3, 0.4) is 0 Å². The molecule has 2 fully saturated rings. The van der Waals surface area contributed by atoms with Gasteiger partial charge in [0.15, 0.2) is 0 Å². The van der Waals surface area contributed by atoms with Crippen LogP contribution in [-0.2, 0) is 21.2 Å². The van der Waals surface area contributed by atoms with E-state index in [1.54, 1.807) is 16.4 Å². The minimum Gasteiger partial charge on any atom is -0.341 e. The Hall–Kier alpha value is -1.44. The lowest BCUT2D eigenvalue weighted by molar-refractivity contribution is -0.130. The van der Waals surface area contributed by atoms with Gasteiger partial charge < -0.3 is 10.2 Å². The second kappa shape index (κ2) is 9.66. The van der Waals surface area contributed by atoms with Crippen molar-refractivity contribution in [2.75, 3.05) is 39.3 Å². The molecule has 0 aromatic heterocycles. The molecule has 0 spiro atoms. The number of sulfonamides is 1. The molecule has 0 atom stereocenters. The van der Waals surface area contributed by atoms with E-state index in [0.717, 1.165) is 63.8 Å². The molecular weight excluding hydrogens is 362 g/mol. The Morgan fingerprint density at radius 3 is 2.30 bits per heavy atom. The molecule has 2 saturated heterocycles. The van der Waals surface area contributed by atoms with Gasteiger partial charge >= 0.3 is 0 Å². The van der Waals surface area contributed by atoms with Gasteiger partial charge in [0.25, 0.3) is 0 Å². The predicted octanol–water partition coefficient (Wildman–Crippen LogP) is 2.01. The van der Waals surface area contributed by atoms with Crippen LogP contribution in [0.15, 0.2) is 29.2 Å². The Kier molecular flexibility index (Phi) is 7.26. The van der Waals surface area contributed by atoms with Gasteiger partial charge in [-0.1, -0.05) is 25.0 Å². The van der Waals surface area contributed by atoms with E-state index >= 15 is 0 Å². The number of hydrogen-bond donors (Lipinski definition) is 1. The van der Waals surface area contributed by atoms with E-state index in [1.807, 2.05) is 17.0 Å². The third-order valence-corrected chi connectivity index (χ3v) is 7.36. The van der Waals surface area contributed by atoms with Crippen LogP contribution in [0, 0.1) is 0 Å². The minimum atomic E-state index is -3.40. The van der Waals surface area contributed by atoms with E-state index in [9.17, 15) is 13.2 Å². The first kappa shape index (κ1) is 20.3. The number of carbonyl (C=O) groups is 1. The molecule has 0 radical (unpaired) electrons. The van der Waals surface area contributed by atoms with Crippen LogP contribution >= 0.6 is 0 Å². The Morgan fingerprint density at radius 2 is 1.59 bits per heavy atom. The summed E-state index contributed by atoms with van der Waals surface area (Å²) in [6.07, 6.45) is 6.19. The van der Waals surface area contributed by atoms with E-state index in [0.29, 0.717) is 30.8 Å². The highest BCUT2D eigenvalue weighted by atomic mass is 32.2. The third-order valence-electron chi connectivity index (χ3n) is 5.45. The Labute approximate surface area is 163 Å². The van der Waals surface area contributed by atoms with Crippen molar-refractivity contribution in [3.63, 3.8) is 0 Å². The zero-order valence-electron chi connectivity index (χ0n) is 16.0. The fourth-order valence-electron chi connectivity index (χ4n) is 3.76. The van der Waals surface area contributed by atoms with Gasteiger partial charge in [-0.25, -0.2) is 8.42 Å². The lowest BCUT2D eigenvalue weighted by atomic mass is 10.1. The van der Waals surface area contributed by atoms with Crippen molar-refractivity contribution in [1.82, 2.24) is 14.5 Å². The Balaban J connectivity index is 1.57. The minimum absolute atomic E-state index is 0.181. The molecule has 2 heterocycles. The zero-order valence-corrected chi connectivity index (χ0v) is 16.8. The van der Waals surface area contributed by atoms with E-state index in [4.69, 9.17) is 0 Å². The second-order valence-corrected chi connectivity index (χ2v) is 9.38. The summed E-state index contributed by atoms with van der Waals surface area (Å²) in [6.45, 7) is 4.64. The van der Waals surface area contributed by atoms with Crippen molar-refractivity contribution in [2.24, 2.45) is 0 Å². The summed E-state index contributed by atoms with van der Waals surface area (Å²) in [5, 5.41) is 3.30. The summed E-state index contributed by atoms with van der Waals surface area (Å²) in [6, 6.07) is 7.08. The van der Waals surface area contributed by atoms with Gasteiger partial charge in [-0.15, -0.1) is 0 Å². The number of hydrogen-bond acceptors (Lipinski definition) is 4. The Bertz CT molecular complexity index is 702. The van der Waals surface area contributed by atoms with E-state index in [-0.39, 0.29) is 5.91 Å². The third kappa shape index (κ3) is 5.53. The van der Waals surface area contributed by atoms with Crippen LogP contribution in [0.2, 0.25) is 0 Å². The molecule has 2 aliphatic rings. The molecule has 1 amide bonds. The highest BCUT2D eigenvalue weighted by Crippen LogP contribution is 2.21. The van der Waals surface area contributed by atoms with E-state index in [1.165, 1.54) is 0 Å². The van der Waals surface area contributed by atoms with Gasteiger partial charge in [0.2, 0.25) is 15.9 Å². The Morgan fingerprint density at radius 1 is 0.889 bits per heavy atom. The molecule has 1 N–H and O–H groups in total. The molecule has 0 aliphatic carbocycles. The van der Waals surface area contributed by atoms with Crippen LogP contribution < -0.4 is 5.32 Å². The van der Waals surface area contributed by atoms with Gasteiger partial charge in [0.1, 0.15) is 0 Å². The van der Waals surface area contributed by atoms with E-state index in [2.05, 4.69) is 5.32 Å². The summed E-state index contributed by atoms with van der Waals surface area (Å²) < 4.78 is 27.2. The highest BCUT2D eigenvalue weighted by molar-refractivity contribution is 7.89. The SMILES string of the molecule is O=C(CCc1ccc(S(=O)(=O)N2CCCCCC2)cc1)N1CCCNCC1. The lowest BCUT2D eigenvalue weighted by Crippen LogP contribution is -2.34. The lowest BCUT2D eigenvalue weighted by Gasteiger charge is -2.20. The molecule has 3 rings (SSSR count). The van der Waals surface area contributed by atoms with Crippen LogP contribution in [0.25, 0.3) is 0 Å². The normalized spacial score (nSPS) is 20.1. The summed E-state index contributed by atoms with van der Waals surface area (Å²) in [4.78, 5) is 14.7. The molecular formula is C20H31N3O3S. The van der Waals surface area contributed by atoms with Gasteiger partial charge in [0, 0.05) is 39.1 Å². The van der Waals surface area contributed by atoms with Crippen molar-refractivity contribution in [3.05, 3.63) is 29.8 Å². The summed E-state index contributed by atoms with van der Waals surface area (Å²) in [5.74, 6) is 0.181. The number of amides is 1. The van der Waals surface area contributed by atoms with Crippen molar-refractivity contribution >= 4 is 15.9 Å². The standard InChI is InChI=1S/C20H31N3O3S/c24-20(22-14-5-12-21-13-17-22)11-8-18-6-9-19(10-7-18)27(25,26)23-15-3-1-2-4-16-23/h6-7,9-10,21H,1-5,8,11-17H2. The van der Waals surface area contributed by atoms with Crippen molar-refractivity contribution in [3.8, 4) is 0 Å². The molecule has 1 aromatic rings. The van der Waals surface area contributed by atoms with Gasteiger partial charge in [0.05, 0.1) is 4.90 Å². The van der Waals surface area contributed by atoms with Crippen LogP contribution in [0.1, 0.15) is 44.1 Å². The number of nitrogens with zero attached hydrogens (tertiary/aromatic N) is 2. The molecule has 1 aromatic carbocycles. The average Bonchev–Trinajstić information content (AvgIpc) is 3.12. The second-order valence-electron chi connectivity index (χ2n) is 7.45. The highest BCUT2D eigenvalue weighted by Gasteiger charge is 2.25. The first-order chi connectivity index (χ1) is 13.1. The van der Waals surface area contributed by atoms with Crippen LogP contribution in [0.5, 0.6) is 0 Å². The maximum atomic E-state index is 12.8. The fraction of sp³-hybridized carbons (Fsp3) is 0.650. The largest absolute Gasteiger partial charge is 0.341 e. The van der Waals surface area contributed by atoms with Crippen LogP contribution in [0.4, 0.5) is 0 Å². The first-order valence-corrected chi connectivity index (χ1v) is 11.6. The van der Waals surface area contributed by atoms with E-state index < -0.39 is 10.0 Å². The molecule has 0 saturated carbocycles. The number of benzene rings is 1. The van der Waals surface area contributed by atoms with Gasteiger partial charge in [-0.2, -0.15) is 4.31 Å². The van der Waals surface area contributed by atoms with Gasteiger partial charge in [-0.3, -0.25) is 4.79 Å². The monoisotopic (exact) mass is 393 g/mol. The smallest absolute Gasteiger partial charge is 0.243 e. The summed E-state index contributed by atoms with van der Waals surface area (Å²) in [7, 11) is -3.40. The summed E-state index contributed by atoms with van der Waals surface area (Å²) in [5.41, 5.74) is 1.01. The molecule has 0 unspecified atom stereocenters. The molecule has 0 bridgehead atoms. The number of aryl methyl sites for hydroxylation is 1. The zero-order chi connectivity index (χ0) is 19.1. The number of rotatable bonds is 5. The molecule has 27 heavy (non-hydrogen) atoms. The van der Waals surface area contributed by atoms with Crippen molar-refractivity contribution < 1.29 is 13.2 Å². The molecule has 150 valence electrons. The number of nitrogens with one attached hydrogen (secondary N) is 1. The van der Waals surface area contributed by atoms with Gasteiger partial charge in [-0.05, 0) is 49.9 Å².